The molecule has 2 aromatic carbocycles. The molecule has 4 rings (SSSR count). The van der Waals surface area contributed by atoms with Crippen molar-refractivity contribution in [3.05, 3.63) is 42.0 Å². The zero-order valence-electron chi connectivity index (χ0n) is 11.5. The number of aromatic hydroxyl groups is 1. The second-order valence-electron chi connectivity index (χ2n) is 5.69. The predicted octanol–water partition coefficient (Wildman–Crippen LogP) is 2.78. The fraction of sp³-hybridized carbons (Fsp3) is 0.353. The van der Waals surface area contributed by atoms with Gasteiger partial charge in [-0.05, 0) is 16.8 Å². The van der Waals surface area contributed by atoms with Gasteiger partial charge in [0.2, 0.25) is 5.84 Å². The third-order valence-electron chi connectivity index (χ3n) is 4.56. The first-order valence-corrected chi connectivity index (χ1v) is 7.41. The number of fused-ring (bicyclic) bond motifs is 1. The van der Waals surface area contributed by atoms with Crippen molar-refractivity contribution in [3.63, 3.8) is 0 Å². The van der Waals surface area contributed by atoms with Crippen LogP contribution < -0.4 is 5.32 Å². The fourth-order valence-electron chi connectivity index (χ4n) is 3.66. The van der Waals surface area contributed by atoms with Crippen molar-refractivity contribution in [3.8, 4) is 5.75 Å². The first-order valence-electron chi connectivity index (χ1n) is 7.41. The van der Waals surface area contributed by atoms with Crippen molar-refractivity contribution in [2.75, 3.05) is 13.1 Å². The number of hydrogen-bond acceptors (Lipinski definition) is 2. The zero-order valence-corrected chi connectivity index (χ0v) is 11.5. The molecule has 2 aromatic rings. The van der Waals surface area contributed by atoms with Crippen molar-refractivity contribution < 1.29 is 9.68 Å². The third kappa shape index (κ3) is 1.69. The van der Waals surface area contributed by atoms with Gasteiger partial charge in [0, 0.05) is 18.4 Å². The number of phenols is 1. The van der Waals surface area contributed by atoms with E-state index in [4.69, 9.17) is 0 Å². The van der Waals surface area contributed by atoms with Crippen LogP contribution in [0, 0.1) is 0 Å². The summed E-state index contributed by atoms with van der Waals surface area (Å²) >= 11 is 0. The van der Waals surface area contributed by atoms with Gasteiger partial charge in [-0.2, -0.15) is 0 Å². The first kappa shape index (κ1) is 11.8. The van der Waals surface area contributed by atoms with Crippen molar-refractivity contribution in [1.29, 1.82) is 0 Å². The molecule has 0 unspecified atom stereocenters. The Morgan fingerprint density at radius 3 is 3.00 bits per heavy atom. The van der Waals surface area contributed by atoms with E-state index in [0.717, 1.165) is 31.5 Å². The van der Waals surface area contributed by atoms with Crippen LogP contribution in [0.2, 0.25) is 0 Å². The minimum atomic E-state index is 0.309. The molecule has 0 aliphatic carbocycles. The number of amidine groups is 1. The predicted molar refractivity (Wildman–Crippen MR) is 80.3 cm³/mol. The first-order chi connectivity index (χ1) is 9.84. The summed E-state index contributed by atoms with van der Waals surface area (Å²) < 4.78 is 2.45. The fourth-order valence-corrected chi connectivity index (χ4v) is 3.66. The van der Waals surface area contributed by atoms with Crippen LogP contribution in [-0.2, 0) is 0 Å². The molecule has 2 aliphatic rings. The summed E-state index contributed by atoms with van der Waals surface area (Å²) in [5.74, 6) is 1.79. The summed E-state index contributed by atoms with van der Waals surface area (Å²) in [4.78, 5) is 0. The quantitative estimate of drug-likeness (QED) is 0.779. The highest BCUT2D eigenvalue weighted by Gasteiger charge is 2.35. The lowest BCUT2D eigenvalue weighted by Gasteiger charge is -2.20. The molecule has 1 atom stereocenters. The van der Waals surface area contributed by atoms with Crippen LogP contribution in [0.3, 0.4) is 0 Å². The van der Waals surface area contributed by atoms with E-state index in [2.05, 4.69) is 34.2 Å². The lowest BCUT2D eigenvalue weighted by molar-refractivity contribution is -0.569. The van der Waals surface area contributed by atoms with E-state index in [-0.39, 0.29) is 0 Å². The Bertz CT molecular complexity index is 705. The highest BCUT2D eigenvalue weighted by molar-refractivity contribution is 5.88. The van der Waals surface area contributed by atoms with Crippen LogP contribution in [0.5, 0.6) is 5.75 Å². The molecule has 0 radical (unpaired) electrons. The average molecular weight is 267 g/mol. The van der Waals surface area contributed by atoms with E-state index in [0.29, 0.717) is 11.8 Å². The van der Waals surface area contributed by atoms with Crippen LogP contribution in [0.15, 0.2) is 36.4 Å². The molecule has 0 amide bonds. The zero-order chi connectivity index (χ0) is 13.5. The number of phenolic OH excluding ortho intramolecular Hbond substituents is 1. The number of hydrogen-bond donors (Lipinski definition) is 2. The van der Waals surface area contributed by atoms with Crippen LogP contribution in [0.25, 0.3) is 10.8 Å². The molecule has 0 aromatic heterocycles. The third-order valence-corrected chi connectivity index (χ3v) is 4.56. The summed E-state index contributed by atoms with van der Waals surface area (Å²) in [6.07, 6.45) is 3.35. The average Bonchev–Trinajstić information content (AvgIpc) is 2.91. The molecular formula is C17H19N2O+. The van der Waals surface area contributed by atoms with E-state index >= 15 is 0 Å². The number of nitrogens with zero attached hydrogens (tertiary/aromatic N) is 1. The standard InChI is InChI=1S/C17H18N2O/c20-15-8-6-12-4-1-2-5-13(12)17(15)14-7-9-16-18-10-3-11-19(14)16/h1-2,4-6,8,14,20H,3,7,9-11H2/p+1/t14-/m0/s1. The van der Waals surface area contributed by atoms with Crippen molar-refractivity contribution in [2.24, 2.45) is 0 Å². The molecule has 0 bridgehead atoms. The van der Waals surface area contributed by atoms with Crippen molar-refractivity contribution in [2.45, 2.75) is 25.3 Å². The van der Waals surface area contributed by atoms with Crippen molar-refractivity contribution in [1.82, 2.24) is 5.32 Å². The normalized spacial score (nSPS) is 21.9. The van der Waals surface area contributed by atoms with Crippen LogP contribution in [0.1, 0.15) is 30.9 Å². The van der Waals surface area contributed by atoms with E-state index in [1.807, 2.05) is 12.1 Å². The van der Waals surface area contributed by atoms with E-state index in [9.17, 15) is 5.11 Å². The lowest BCUT2D eigenvalue weighted by atomic mass is 9.96. The monoisotopic (exact) mass is 267 g/mol. The van der Waals surface area contributed by atoms with Gasteiger partial charge in [-0.25, -0.2) is 0 Å². The minimum absolute atomic E-state index is 0.309. The summed E-state index contributed by atoms with van der Waals surface area (Å²) in [6.45, 7) is 2.18. The smallest absolute Gasteiger partial charge is 0.245 e. The summed E-state index contributed by atoms with van der Waals surface area (Å²) in [7, 11) is 0. The van der Waals surface area contributed by atoms with Crippen molar-refractivity contribution >= 4 is 16.6 Å². The molecule has 102 valence electrons. The Morgan fingerprint density at radius 2 is 2.05 bits per heavy atom. The second kappa shape index (κ2) is 4.51. The number of benzene rings is 2. The van der Waals surface area contributed by atoms with E-state index < -0.39 is 0 Å². The van der Waals surface area contributed by atoms with Gasteiger partial charge < -0.3 is 5.11 Å². The molecule has 0 spiro atoms. The van der Waals surface area contributed by atoms with Gasteiger partial charge in [-0.15, -0.1) is 0 Å². The van der Waals surface area contributed by atoms with Gasteiger partial charge >= 0.3 is 0 Å². The van der Waals surface area contributed by atoms with Gasteiger partial charge in [0.1, 0.15) is 11.8 Å². The van der Waals surface area contributed by atoms with Gasteiger partial charge in [-0.3, -0.25) is 9.89 Å². The summed E-state index contributed by atoms with van der Waals surface area (Å²) in [5, 5.41) is 16.3. The molecule has 3 heteroatoms. The SMILES string of the molecule is Oc1ccc2ccccc2c1[C@@H]1CCC2=[N+]1CCCN2. The molecule has 3 nitrogen and oxygen atoms in total. The van der Waals surface area contributed by atoms with E-state index in [1.54, 1.807) is 0 Å². The molecule has 2 N–H and O–H groups in total. The molecular weight excluding hydrogens is 248 g/mol. The van der Waals surface area contributed by atoms with E-state index in [1.165, 1.54) is 23.0 Å². The van der Waals surface area contributed by atoms with Crippen LogP contribution >= 0.6 is 0 Å². The maximum Gasteiger partial charge on any atom is 0.245 e. The lowest BCUT2D eigenvalue weighted by Crippen LogP contribution is -2.37. The molecule has 2 heterocycles. The van der Waals surface area contributed by atoms with Gasteiger partial charge in [0.25, 0.3) is 0 Å². The Kier molecular flexibility index (Phi) is 2.66. The Hall–Kier alpha value is -2.03. The highest BCUT2D eigenvalue weighted by Crippen LogP contribution is 2.39. The second-order valence-corrected chi connectivity index (χ2v) is 5.69. The number of nitrogens with one attached hydrogen (secondary N) is 1. The molecule has 2 aliphatic heterocycles. The Labute approximate surface area is 118 Å². The molecule has 0 saturated heterocycles. The Morgan fingerprint density at radius 1 is 1.15 bits per heavy atom. The maximum atomic E-state index is 10.4. The Balaban J connectivity index is 1.90. The molecule has 20 heavy (non-hydrogen) atoms. The van der Waals surface area contributed by atoms with Crippen LogP contribution in [-0.4, -0.2) is 28.6 Å². The van der Waals surface area contributed by atoms with Gasteiger partial charge in [0.05, 0.1) is 19.5 Å². The minimum Gasteiger partial charge on any atom is -0.507 e. The molecule has 0 saturated carbocycles. The van der Waals surface area contributed by atoms with Gasteiger partial charge in [-0.1, -0.05) is 30.3 Å². The maximum absolute atomic E-state index is 10.4. The van der Waals surface area contributed by atoms with Gasteiger partial charge in [0.15, 0.2) is 0 Å². The topological polar surface area (TPSA) is 35.3 Å². The summed E-state index contributed by atoms with van der Waals surface area (Å²) in [5.41, 5.74) is 1.10. The highest BCUT2D eigenvalue weighted by atomic mass is 16.3. The summed E-state index contributed by atoms with van der Waals surface area (Å²) in [6, 6.07) is 12.5. The molecule has 0 fully saturated rings. The number of rotatable bonds is 1. The largest absolute Gasteiger partial charge is 0.507 e. The van der Waals surface area contributed by atoms with Crippen LogP contribution in [0.4, 0.5) is 0 Å².